The molecule has 1 amide bonds. The largest absolute Gasteiger partial charge is 0.322 e. The third-order valence-corrected chi connectivity index (χ3v) is 5.92. The summed E-state index contributed by atoms with van der Waals surface area (Å²) in [5, 5.41) is 14.1. The molecule has 0 aliphatic heterocycles. The molecule has 0 saturated carbocycles. The summed E-state index contributed by atoms with van der Waals surface area (Å²) < 4.78 is 0. The number of rotatable bonds is 5. The average molecular weight is 385 g/mol. The fraction of sp³-hybridized carbons (Fsp3) is 0.0526. The van der Waals surface area contributed by atoms with Crippen molar-refractivity contribution in [2.75, 3.05) is 5.32 Å². The number of nitrogens with one attached hydrogen (secondary N) is 1. The maximum absolute atomic E-state index is 12.6. The van der Waals surface area contributed by atoms with Gasteiger partial charge in [-0.05, 0) is 41.8 Å². The number of anilines is 1. The third-order valence-electron chi connectivity index (χ3n) is 3.43. The van der Waals surface area contributed by atoms with Crippen molar-refractivity contribution in [2.24, 2.45) is 0 Å². The molecule has 0 atom stereocenters. The zero-order valence-corrected chi connectivity index (χ0v) is 15.4. The molecule has 3 aromatic rings. The van der Waals surface area contributed by atoms with E-state index in [-0.39, 0.29) is 5.91 Å². The molecule has 6 heteroatoms. The van der Waals surface area contributed by atoms with Gasteiger partial charge in [0.05, 0.1) is 16.1 Å². The van der Waals surface area contributed by atoms with Crippen LogP contribution < -0.4 is 5.32 Å². The zero-order valence-electron chi connectivity index (χ0n) is 13.0. The summed E-state index contributed by atoms with van der Waals surface area (Å²) in [7, 11) is 0. The molecule has 1 aromatic heterocycles. The Balaban J connectivity index is 1.76. The van der Waals surface area contributed by atoms with Crippen molar-refractivity contribution in [3.05, 3.63) is 81.0 Å². The topological polar surface area (TPSA) is 52.9 Å². The van der Waals surface area contributed by atoms with Gasteiger partial charge in [0.1, 0.15) is 6.07 Å². The average Bonchev–Trinajstić information content (AvgIpc) is 3.14. The molecular formula is C19H13ClN2OS2. The lowest BCUT2D eigenvalue weighted by atomic mass is 10.2. The summed E-state index contributed by atoms with van der Waals surface area (Å²) in [6, 6.07) is 18.5. The van der Waals surface area contributed by atoms with Crippen LogP contribution in [-0.2, 0) is 5.75 Å². The number of benzene rings is 2. The molecule has 0 bridgehead atoms. The molecule has 2 aromatic carbocycles. The second-order valence-electron chi connectivity index (χ2n) is 5.12. The van der Waals surface area contributed by atoms with Crippen LogP contribution in [0.15, 0.2) is 64.9 Å². The van der Waals surface area contributed by atoms with Crippen molar-refractivity contribution in [3.63, 3.8) is 0 Å². The van der Waals surface area contributed by atoms with Crippen molar-refractivity contribution in [1.82, 2.24) is 0 Å². The molecule has 0 spiro atoms. The van der Waals surface area contributed by atoms with E-state index in [0.717, 1.165) is 10.6 Å². The minimum absolute atomic E-state index is 0.199. The lowest BCUT2D eigenvalue weighted by Crippen LogP contribution is -2.13. The number of nitriles is 1. The van der Waals surface area contributed by atoms with Crippen molar-refractivity contribution in [3.8, 4) is 6.07 Å². The quantitative estimate of drug-likeness (QED) is 0.564. The summed E-state index contributed by atoms with van der Waals surface area (Å²) in [5.41, 5.74) is 1.56. The third kappa shape index (κ3) is 4.43. The second-order valence-corrected chi connectivity index (χ2v) is 7.58. The van der Waals surface area contributed by atoms with Gasteiger partial charge in [-0.15, -0.1) is 23.1 Å². The first-order valence-corrected chi connectivity index (χ1v) is 9.67. The van der Waals surface area contributed by atoms with Crippen LogP contribution in [0.25, 0.3) is 0 Å². The van der Waals surface area contributed by atoms with Gasteiger partial charge in [-0.1, -0.05) is 29.8 Å². The van der Waals surface area contributed by atoms with E-state index in [1.54, 1.807) is 47.4 Å². The van der Waals surface area contributed by atoms with E-state index in [1.807, 2.05) is 35.7 Å². The number of amides is 1. The molecule has 0 radical (unpaired) electrons. The Morgan fingerprint density at radius 2 is 2.04 bits per heavy atom. The standard InChI is InChI=1S/C19H13ClN2OS2/c20-17-10-14(8-7-13(17)11-21)22-19(23)16-5-1-2-6-18(16)25-12-15-4-3-9-24-15/h1-10H,12H2,(H,22,23). The number of nitrogens with zero attached hydrogens (tertiary/aromatic N) is 1. The highest BCUT2D eigenvalue weighted by Gasteiger charge is 2.13. The van der Waals surface area contributed by atoms with Gasteiger partial charge in [-0.25, -0.2) is 0 Å². The van der Waals surface area contributed by atoms with E-state index in [1.165, 1.54) is 4.88 Å². The second kappa shape index (κ2) is 8.21. The predicted molar refractivity (Wildman–Crippen MR) is 104 cm³/mol. The molecule has 0 aliphatic rings. The lowest BCUT2D eigenvalue weighted by molar-refractivity contribution is 0.102. The molecule has 0 unspecified atom stereocenters. The molecular weight excluding hydrogens is 372 g/mol. The van der Waals surface area contributed by atoms with Crippen LogP contribution in [-0.4, -0.2) is 5.91 Å². The number of thiophene rings is 1. The maximum atomic E-state index is 12.6. The van der Waals surface area contributed by atoms with Gasteiger partial charge in [0.15, 0.2) is 0 Å². The van der Waals surface area contributed by atoms with Gasteiger partial charge in [0, 0.05) is 21.2 Å². The highest BCUT2D eigenvalue weighted by atomic mass is 35.5. The highest BCUT2D eigenvalue weighted by molar-refractivity contribution is 7.98. The van der Waals surface area contributed by atoms with Gasteiger partial charge < -0.3 is 5.32 Å². The smallest absolute Gasteiger partial charge is 0.256 e. The van der Waals surface area contributed by atoms with Gasteiger partial charge >= 0.3 is 0 Å². The molecule has 0 aliphatic carbocycles. The van der Waals surface area contributed by atoms with E-state index in [9.17, 15) is 4.79 Å². The van der Waals surface area contributed by atoms with Crippen molar-refractivity contribution < 1.29 is 4.79 Å². The predicted octanol–water partition coefficient (Wildman–Crippen LogP) is 5.82. The normalized spacial score (nSPS) is 10.2. The fourth-order valence-electron chi connectivity index (χ4n) is 2.21. The van der Waals surface area contributed by atoms with Crippen LogP contribution in [0.3, 0.4) is 0 Å². The van der Waals surface area contributed by atoms with Crippen LogP contribution in [0, 0.1) is 11.3 Å². The number of hydrogen-bond donors (Lipinski definition) is 1. The van der Waals surface area contributed by atoms with E-state index in [2.05, 4.69) is 11.4 Å². The Hall–Kier alpha value is -2.26. The van der Waals surface area contributed by atoms with Gasteiger partial charge in [0.2, 0.25) is 0 Å². The minimum atomic E-state index is -0.199. The summed E-state index contributed by atoms with van der Waals surface area (Å²) in [5.74, 6) is 0.625. The molecule has 3 rings (SSSR count). The monoisotopic (exact) mass is 384 g/mol. The fourth-order valence-corrected chi connectivity index (χ4v) is 4.25. The Kier molecular flexibility index (Phi) is 5.77. The van der Waals surface area contributed by atoms with Crippen LogP contribution in [0.2, 0.25) is 5.02 Å². The van der Waals surface area contributed by atoms with Crippen molar-refractivity contribution >= 4 is 46.3 Å². The molecule has 124 valence electrons. The van der Waals surface area contributed by atoms with Crippen LogP contribution in [0.5, 0.6) is 0 Å². The summed E-state index contributed by atoms with van der Waals surface area (Å²) >= 11 is 9.36. The SMILES string of the molecule is N#Cc1ccc(NC(=O)c2ccccc2SCc2cccs2)cc1Cl. The van der Waals surface area contributed by atoms with Crippen LogP contribution in [0.1, 0.15) is 20.8 Å². The Morgan fingerprint density at radius 3 is 2.76 bits per heavy atom. The van der Waals surface area contributed by atoms with Crippen LogP contribution >= 0.6 is 34.7 Å². The Labute approximate surface area is 159 Å². The van der Waals surface area contributed by atoms with Gasteiger partial charge in [-0.2, -0.15) is 5.26 Å². The molecule has 3 nitrogen and oxygen atoms in total. The van der Waals surface area contributed by atoms with E-state index in [0.29, 0.717) is 21.8 Å². The van der Waals surface area contributed by atoms with Gasteiger partial charge in [0.25, 0.3) is 5.91 Å². The Bertz CT molecular complexity index is 933. The number of halogens is 1. The molecule has 25 heavy (non-hydrogen) atoms. The molecule has 1 heterocycles. The first kappa shape index (κ1) is 17.6. The van der Waals surface area contributed by atoms with E-state index < -0.39 is 0 Å². The van der Waals surface area contributed by atoms with Crippen LogP contribution in [0.4, 0.5) is 5.69 Å². The first-order valence-electron chi connectivity index (χ1n) is 7.42. The van der Waals surface area contributed by atoms with E-state index in [4.69, 9.17) is 16.9 Å². The van der Waals surface area contributed by atoms with Crippen molar-refractivity contribution in [1.29, 1.82) is 5.26 Å². The summed E-state index contributed by atoms with van der Waals surface area (Å²) in [6.07, 6.45) is 0. The summed E-state index contributed by atoms with van der Waals surface area (Å²) in [6.45, 7) is 0. The molecule has 0 saturated heterocycles. The zero-order chi connectivity index (χ0) is 17.6. The number of carbonyl (C=O) groups excluding carboxylic acids is 1. The number of thioether (sulfide) groups is 1. The lowest BCUT2D eigenvalue weighted by Gasteiger charge is -2.10. The molecule has 1 N–H and O–H groups in total. The molecule has 0 fully saturated rings. The summed E-state index contributed by atoms with van der Waals surface area (Å²) in [4.78, 5) is 14.8. The Morgan fingerprint density at radius 1 is 1.20 bits per heavy atom. The number of carbonyl (C=O) groups is 1. The first-order chi connectivity index (χ1) is 12.2. The minimum Gasteiger partial charge on any atom is -0.322 e. The van der Waals surface area contributed by atoms with E-state index >= 15 is 0 Å². The van der Waals surface area contributed by atoms with Gasteiger partial charge in [-0.3, -0.25) is 4.79 Å². The maximum Gasteiger partial charge on any atom is 0.256 e. The van der Waals surface area contributed by atoms with Crippen molar-refractivity contribution in [2.45, 2.75) is 10.6 Å². The highest BCUT2D eigenvalue weighted by Crippen LogP contribution is 2.29. The number of hydrogen-bond acceptors (Lipinski definition) is 4.